The highest BCUT2D eigenvalue weighted by molar-refractivity contribution is 6.33. The van der Waals surface area contributed by atoms with Crippen LogP contribution in [0.5, 0.6) is 5.75 Å². The summed E-state index contributed by atoms with van der Waals surface area (Å²) in [5.41, 5.74) is 4.83. The Morgan fingerprint density at radius 1 is 1.26 bits per heavy atom. The molecule has 2 aromatic carbocycles. The maximum Gasteiger partial charge on any atom is 0.268 e. The van der Waals surface area contributed by atoms with Crippen molar-refractivity contribution >= 4 is 23.2 Å². The van der Waals surface area contributed by atoms with E-state index in [-0.39, 0.29) is 17.6 Å². The summed E-state index contributed by atoms with van der Waals surface area (Å²) in [5.74, 6) is 0.211. The Hall–Kier alpha value is -3.03. The fourth-order valence-corrected chi connectivity index (χ4v) is 4.86. The monoisotopic (exact) mass is 480 g/mol. The maximum atomic E-state index is 14.9. The van der Waals surface area contributed by atoms with Crippen LogP contribution in [0.25, 0.3) is 11.3 Å². The van der Waals surface area contributed by atoms with Crippen LogP contribution in [0, 0.1) is 5.82 Å². The van der Waals surface area contributed by atoms with Crippen molar-refractivity contribution in [3.05, 3.63) is 69.9 Å². The molecule has 1 amide bonds. The zero-order valence-corrected chi connectivity index (χ0v) is 20.1. The highest BCUT2D eigenvalue weighted by Crippen LogP contribution is 2.44. The minimum absolute atomic E-state index is 0.117. The van der Waals surface area contributed by atoms with Gasteiger partial charge in [0.05, 0.1) is 16.9 Å². The lowest BCUT2D eigenvalue weighted by molar-refractivity contribution is -0.125. The highest BCUT2D eigenvalue weighted by atomic mass is 35.5. The maximum absolute atomic E-state index is 14.9. The standard InChI is InChI=1S/C26H26ClFN4O2/c1-14(2)32-22-11-18(10-20(27)25(22)34-15(3)26(32)33)24-21(28)13-30-23(31-24)9-16-4-5-17-6-7-29-12-19(17)8-16/h4-5,8,10-11,13-15,29H,6-7,9,12H2,1-3H3. The molecule has 8 heteroatoms. The molecule has 1 atom stereocenters. The lowest BCUT2D eigenvalue weighted by Crippen LogP contribution is -2.48. The summed E-state index contributed by atoms with van der Waals surface area (Å²) >= 11 is 6.53. The van der Waals surface area contributed by atoms with E-state index in [1.807, 2.05) is 13.8 Å². The van der Waals surface area contributed by atoms with Crippen LogP contribution in [-0.4, -0.2) is 34.6 Å². The summed E-state index contributed by atoms with van der Waals surface area (Å²) < 4.78 is 20.7. The number of benzene rings is 2. The molecular weight excluding hydrogens is 455 g/mol. The number of hydrogen-bond acceptors (Lipinski definition) is 5. The van der Waals surface area contributed by atoms with E-state index in [1.165, 1.54) is 17.3 Å². The van der Waals surface area contributed by atoms with E-state index in [9.17, 15) is 9.18 Å². The van der Waals surface area contributed by atoms with E-state index in [1.54, 1.807) is 24.0 Å². The summed E-state index contributed by atoms with van der Waals surface area (Å²) in [7, 11) is 0. The molecule has 3 heterocycles. The minimum Gasteiger partial charge on any atom is -0.477 e. The van der Waals surface area contributed by atoms with Crippen molar-refractivity contribution in [2.24, 2.45) is 0 Å². The lowest BCUT2D eigenvalue weighted by atomic mass is 9.97. The Kier molecular flexibility index (Phi) is 6.00. The summed E-state index contributed by atoms with van der Waals surface area (Å²) in [6.45, 7) is 7.36. The largest absolute Gasteiger partial charge is 0.477 e. The molecule has 1 aromatic heterocycles. The number of halogens is 2. The molecule has 0 saturated heterocycles. The van der Waals surface area contributed by atoms with Crippen LogP contribution in [0.4, 0.5) is 10.1 Å². The molecule has 0 fully saturated rings. The van der Waals surface area contributed by atoms with Crippen LogP contribution in [0.1, 0.15) is 43.3 Å². The lowest BCUT2D eigenvalue weighted by Gasteiger charge is -2.36. The van der Waals surface area contributed by atoms with Gasteiger partial charge in [0.25, 0.3) is 5.91 Å². The van der Waals surface area contributed by atoms with E-state index in [0.717, 1.165) is 25.1 Å². The van der Waals surface area contributed by atoms with Gasteiger partial charge < -0.3 is 15.0 Å². The van der Waals surface area contributed by atoms with E-state index >= 15 is 0 Å². The SMILES string of the molecule is CC1Oc2c(Cl)cc(-c3nc(Cc4ccc5c(c4)CNCC5)ncc3F)cc2N(C(C)C)C1=O. The molecule has 2 aliphatic heterocycles. The normalized spacial score (nSPS) is 17.4. The number of anilines is 1. The van der Waals surface area contributed by atoms with Gasteiger partial charge in [0, 0.05) is 24.6 Å². The molecule has 0 aliphatic carbocycles. The third-order valence-electron chi connectivity index (χ3n) is 6.27. The van der Waals surface area contributed by atoms with Gasteiger partial charge in [-0.1, -0.05) is 29.8 Å². The van der Waals surface area contributed by atoms with E-state index in [2.05, 4.69) is 33.5 Å². The minimum atomic E-state index is -0.646. The third kappa shape index (κ3) is 4.14. The summed E-state index contributed by atoms with van der Waals surface area (Å²) in [6, 6.07) is 9.61. The number of nitrogens with zero attached hydrogens (tertiary/aromatic N) is 3. The van der Waals surface area contributed by atoms with Crippen molar-refractivity contribution in [1.82, 2.24) is 15.3 Å². The fraction of sp³-hybridized carbons (Fsp3) is 0.346. The van der Waals surface area contributed by atoms with Crippen molar-refractivity contribution in [2.45, 2.75) is 52.3 Å². The molecular formula is C26H26ClFN4O2. The first-order valence-electron chi connectivity index (χ1n) is 11.5. The van der Waals surface area contributed by atoms with Crippen molar-refractivity contribution in [3.63, 3.8) is 0 Å². The Morgan fingerprint density at radius 3 is 2.88 bits per heavy atom. The first kappa shape index (κ1) is 22.7. The average Bonchev–Trinajstić information content (AvgIpc) is 2.81. The first-order valence-corrected chi connectivity index (χ1v) is 11.9. The molecule has 0 spiro atoms. The van der Waals surface area contributed by atoms with Crippen molar-refractivity contribution in [3.8, 4) is 17.0 Å². The van der Waals surface area contributed by atoms with Gasteiger partial charge in [-0.3, -0.25) is 4.79 Å². The van der Waals surface area contributed by atoms with Gasteiger partial charge >= 0.3 is 0 Å². The van der Waals surface area contributed by atoms with E-state index < -0.39 is 11.9 Å². The second-order valence-electron chi connectivity index (χ2n) is 9.06. The number of hydrogen-bond donors (Lipinski definition) is 1. The number of carbonyl (C=O) groups excluding carboxylic acids is 1. The van der Waals surface area contributed by atoms with Gasteiger partial charge in [-0.15, -0.1) is 0 Å². The molecule has 0 saturated carbocycles. The van der Waals surface area contributed by atoms with Gasteiger partial charge in [-0.2, -0.15) is 0 Å². The van der Waals surface area contributed by atoms with Gasteiger partial charge in [-0.05, 0) is 62.6 Å². The topological polar surface area (TPSA) is 67.3 Å². The molecule has 1 unspecified atom stereocenters. The predicted molar refractivity (Wildman–Crippen MR) is 130 cm³/mol. The first-order chi connectivity index (χ1) is 16.3. The van der Waals surface area contributed by atoms with Gasteiger partial charge in [-0.25, -0.2) is 14.4 Å². The van der Waals surface area contributed by atoms with Crippen LogP contribution >= 0.6 is 11.6 Å². The average molecular weight is 481 g/mol. The Morgan fingerprint density at radius 2 is 2.09 bits per heavy atom. The van der Waals surface area contributed by atoms with Crippen LogP contribution in [0.3, 0.4) is 0 Å². The third-order valence-corrected chi connectivity index (χ3v) is 6.55. The number of aromatic nitrogens is 2. The summed E-state index contributed by atoms with van der Waals surface area (Å²) in [5, 5.41) is 3.69. The molecule has 176 valence electrons. The number of rotatable bonds is 4. The van der Waals surface area contributed by atoms with Crippen LogP contribution in [-0.2, 0) is 24.2 Å². The van der Waals surface area contributed by atoms with E-state index in [0.29, 0.717) is 34.3 Å². The Bertz CT molecular complexity index is 1280. The molecule has 34 heavy (non-hydrogen) atoms. The van der Waals surface area contributed by atoms with Gasteiger partial charge in [0.1, 0.15) is 11.5 Å². The number of ether oxygens (including phenoxy) is 1. The van der Waals surface area contributed by atoms with Crippen molar-refractivity contribution in [1.29, 1.82) is 0 Å². The van der Waals surface area contributed by atoms with Crippen LogP contribution in [0.2, 0.25) is 5.02 Å². The molecule has 1 N–H and O–H groups in total. The second-order valence-corrected chi connectivity index (χ2v) is 9.46. The quantitative estimate of drug-likeness (QED) is 0.586. The molecule has 0 radical (unpaired) electrons. The highest BCUT2D eigenvalue weighted by Gasteiger charge is 2.35. The van der Waals surface area contributed by atoms with Crippen molar-refractivity contribution in [2.75, 3.05) is 11.4 Å². The molecule has 5 rings (SSSR count). The second kappa shape index (κ2) is 8.96. The predicted octanol–water partition coefficient (Wildman–Crippen LogP) is 4.69. The number of fused-ring (bicyclic) bond motifs is 2. The molecule has 3 aromatic rings. The Balaban J connectivity index is 1.52. The van der Waals surface area contributed by atoms with Gasteiger partial charge in [0.2, 0.25) is 0 Å². The van der Waals surface area contributed by atoms with E-state index in [4.69, 9.17) is 16.3 Å². The van der Waals surface area contributed by atoms with Gasteiger partial charge in [0.15, 0.2) is 17.7 Å². The van der Waals surface area contributed by atoms with Crippen molar-refractivity contribution < 1.29 is 13.9 Å². The fourth-order valence-electron chi connectivity index (χ4n) is 4.60. The van der Waals surface area contributed by atoms with Crippen LogP contribution in [0.15, 0.2) is 36.5 Å². The molecule has 6 nitrogen and oxygen atoms in total. The molecule has 2 aliphatic rings. The number of carbonyl (C=O) groups is 1. The van der Waals surface area contributed by atoms with Crippen LogP contribution < -0.4 is 15.0 Å². The number of nitrogens with one attached hydrogen (secondary N) is 1. The summed E-state index contributed by atoms with van der Waals surface area (Å²) in [4.78, 5) is 23.2. The zero-order valence-electron chi connectivity index (χ0n) is 19.4. The molecule has 0 bridgehead atoms. The smallest absolute Gasteiger partial charge is 0.268 e. The zero-order chi connectivity index (χ0) is 24.0. The Labute approximate surface area is 203 Å². The summed E-state index contributed by atoms with van der Waals surface area (Å²) in [6.07, 6.45) is 2.04. The number of amides is 1.